The second kappa shape index (κ2) is 10.8. The van der Waals surface area contributed by atoms with Gasteiger partial charge in [-0.1, -0.05) is 12.1 Å². The fourth-order valence-electron chi connectivity index (χ4n) is 3.05. The molecule has 1 amide bonds. The molecule has 0 aliphatic heterocycles. The maximum Gasteiger partial charge on any atom is 0.338 e. The topological polar surface area (TPSA) is 102 Å². The molecule has 8 nitrogen and oxygen atoms in total. The average Bonchev–Trinajstić information content (AvgIpc) is 2.72. The number of hydrogen-bond donors (Lipinski definition) is 1. The summed E-state index contributed by atoms with van der Waals surface area (Å²) in [6.45, 7) is 3.86. The van der Waals surface area contributed by atoms with Crippen molar-refractivity contribution >= 4 is 33.3 Å². The van der Waals surface area contributed by atoms with E-state index < -0.39 is 16.0 Å². The van der Waals surface area contributed by atoms with Crippen LogP contribution in [0.4, 0.5) is 11.4 Å². The minimum Gasteiger partial charge on any atom is -0.497 e. The van der Waals surface area contributed by atoms with E-state index in [0.29, 0.717) is 34.7 Å². The molecular formula is C22H28N2O6S. The second-order valence-corrected chi connectivity index (χ2v) is 8.79. The third-order valence-corrected chi connectivity index (χ3v) is 5.80. The van der Waals surface area contributed by atoms with E-state index in [1.54, 1.807) is 56.3 Å². The van der Waals surface area contributed by atoms with Gasteiger partial charge >= 0.3 is 5.97 Å². The van der Waals surface area contributed by atoms with Crippen LogP contribution in [0.1, 0.15) is 35.7 Å². The van der Waals surface area contributed by atoms with Crippen LogP contribution >= 0.6 is 0 Å². The molecule has 2 aromatic carbocycles. The standard InChI is InChI=1S/C22H28N2O6S/c1-5-30-22(26)19-11-7-12-20(16(19)2)23-21(25)13-8-14-24(31(4,27)28)17-9-6-10-18(15-17)29-3/h6-7,9-12,15H,5,8,13-14H2,1-4H3,(H,23,25). The van der Waals surface area contributed by atoms with E-state index in [2.05, 4.69) is 5.32 Å². The van der Waals surface area contributed by atoms with Gasteiger partial charge in [0.1, 0.15) is 5.75 Å². The number of sulfonamides is 1. The quantitative estimate of drug-likeness (QED) is 0.559. The predicted molar refractivity (Wildman–Crippen MR) is 120 cm³/mol. The van der Waals surface area contributed by atoms with Gasteiger partial charge in [-0.2, -0.15) is 0 Å². The number of carbonyl (C=O) groups excluding carboxylic acids is 2. The molecule has 2 rings (SSSR count). The Kier molecular flexibility index (Phi) is 8.44. The van der Waals surface area contributed by atoms with Crippen molar-refractivity contribution in [3.63, 3.8) is 0 Å². The number of hydrogen-bond acceptors (Lipinski definition) is 6. The Hall–Kier alpha value is -3.07. The van der Waals surface area contributed by atoms with Gasteiger partial charge in [0.15, 0.2) is 0 Å². The SMILES string of the molecule is CCOC(=O)c1cccc(NC(=O)CCCN(c2cccc(OC)c2)S(C)(=O)=O)c1C. The third-order valence-electron chi connectivity index (χ3n) is 4.61. The molecule has 1 N–H and O–H groups in total. The number of ether oxygens (including phenoxy) is 2. The van der Waals surface area contributed by atoms with Crippen LogP contribution in [0.3, 0.4) is 0 Å². The van der Waals surface area contributed by atoms with Crippen LogP contribution in [0, 0.1) is 6.92 Å². The first-order chi connectivity index (χ1) is 14.7. The largest absolute Gasteiger partial charge is 0.497 e. The summed E-state index contributed by atoms with van der Waals surface area (Å²) in [6, 6.07) is 11.8. The number of esters is 1. The molecule has 0 aliphatic carbocycles. The van der Waals surface area contributed by atoms with Crippen molar-refractivity contribution < 1.29 is 27.5 Å². The van der Waals surface area contributed by atoms with Crippen LogP contribution in [0.2, 0.25) is 0 Å². The van der Waals surface area contributed by atoms with Gasteiger partial charge < -0.3 is 14.8 Å². The van der Waals surface area contributed by atoms with Crippen molar-refractivity contribution in [2.75, 3.05) is 36.1 Å². The van der Waals surface area contributed by atoms with Crippen molar-refractivity contribution in [1.82, 2.24) is 0 Å². The molecule has 0 atom stereocenters. The van der Waals surface area contributed by atoms with E-state index in [1.807, 2.05) is 0 Å². The monoisotopic (exact) mass is 448 g/mol. The van der Waals surface area contributed by atoms with Gasteiger partial charge in [-0.05, 0) is 50.1 Å². The number of amides is 1. The summed E-state index contributed by atoms with van der Waals surface area (Å²) in [6.07, 6.45) is 1.54. The Morgan fingerprint density at radius 1 is 1.13 bits per heavy atom. The molecule has 0 heterocycles. The smallest absolute Gasteiger partial charge is 0.338 e. The second-order valence-electron chi connectivity index (χ2n) is 6.89. The molecule has 0 saturated carbocycles. The summed E-state index contributed by atoms with van der Waals surface area (Å²) in [5, 5.41) is 2.78. The lowest BCUT2D eigenvalue weighted by Crippen LogP contribution is -2.31. The highest BCUT2D eigenvalue weighted by molar-refractivity contribution is 7.92. The van der Waals surface area contributed by atoms with Crippen LogP contribution in [0.25, 0.3) is 0 Å². The summed E-state index contributed by atoms with van der Waals surface area (Å²) in [4.78, 5) is 24.4. The van der Waals surface area contributed by atoms with E-state index in [9.17, 15) is 18.0 Å². The number of nitrogens with one attached hydrogen (secondary N) is 1. The van der Waals surface area contributed by atoms with E-state index in [4.69, 9.17) is 9.47 Å². The fourth-order valence-corrected chi connectivity index (χ4v) is 4.01. The van der Waals surface area contributed by atoms with Crippen molar-refractivity contribution in [2.24, 2.45) is 0 Å². The first kappa shape index (κ1) is 24.2. The van der Waals surface area contributed by atoms with Gasteiger partial charge in [0.2, 0.25) is 15.9 Å². The minimum absolute atomic E-state index is 0.110. The van der Waals surface area contributed by atoms with Gasteiger partial charge in [-0.15, -0.1) is 0 Å². The van der Waals surface area contributed by atoms with E-state index in [1.165, 1.54) is 11.4 Å². The normalized spacial score (nSPS) is 11.0. The lowest BCUT2D eigenvalue weighted by Gasteiger charge is -2.22. The highest BCUT2D eigenvalue weighted by Crippen LogP contribution is 2.24. The molecular weight excluding hydrogens is 420 g/mol. The Labute approximate surface area is 183 Å². The Morgan fingerprint density at radius 2 is 1.84 bits per heavy atom. The molecule has 2 aromatic rings. The van der Waals surface area contributed by atoms with E-state index in [-0.39, 0.29) is 25.5 Å². The maximum atomic E-state index is 12.4. The number of rotatable bonds is 10. The molecule has 0 spiro atoms. The van der Waals surface area contributed by atoms with Gasteiger partial charge in [-0.3, -0.25) is 9.10 Å². The van der Waals surface area contributed by atoms with Crippen molar-refractivity contribution in [3.8, 4) is 5.75 Å². The Bertz CT molecular complexity index is 1040. The molecule has 0 saturated heterocycles. The Morgan fingerprint density at radius 3 is 2.48 bits per heavy atom. The van der Waals surface area contributed by atoms with Crippen LogP contribution in [-0.2, 0) is 19.6 Å². The number of anilines is 2. The average molecular weight is 449 g/mol. The summed E-state index contributed by atoms with van der Waals surface area (Å²) < 4.78 is 35.9. The molecule has 31 heavy (non-hydrogen) atoms. The predicted octanol–water partition coefficient (Wildman–Crippen LogP) is 3.37. The number of nitrogens with zero attached hydrogens (tertiary/aromatic N) is 1. The molecule has 0 aromatic heterocycles. The summed E-state index contributed by atoms with van der Waals surface area (Å²) in [5.41, 5.74) is 1.99. The van der Waals surface area contributed by atoms with E-state index >= 15 is 0 Å². The van der Waals surface area contributed by atoms with Crippen LogP contribution in [-0.4, -0.2) is 46.8 Å². The molecule has 0 aliphatic rings. The van der Waals surface area contributed by atoms with Gasteiger partial charge in [0, 0.05) is 24.7 Å². The number of carbonyl (C=O) groups is 2. The lowest BCUT2D eigenvalue weighted by molar-refractivity contribution is -0.116. The van der Waals surface area contributed by atoms with Gasteiger partial charge in [0.05, 0.1) is 31.2 Å². The molecule has 0 unspecified atom stereocenters. The molecule has 0 bridgehead atoms. The first-order valence-electron chi connectivity index (χ1n) is 9.85. The zero-order valence-electron chi connectivity index (χ0n) is 18.2. The maximum absolute atomic E-state index is 12.4. The van der Waals surface area contributed by atoms with Gasteiger partial charge in [0.25, 0.3) is 0 Å². The van der Waals surface area contributed by atoms with Crippen molar-refractivity contribution in [2.45, 2.75) is 26.7 Å². The minimum atomic E-state index is -3.53. The van der Waals surface area contributed by atoms with Crippen molar-refractivity contribution in [3.05, 3.63) is 53.6 Å². The molecule has 0 radical (unpaired) electrons. The first-order valence-corrected chi connectivity index (χ1v) is 11.7. The highest BCUT2D eigenvalue weighted by Gasteiger charge is 2.19. The van der Waals surface area contributed by atoms with Crippen LogP contribution in [0.5, 0.6) is 5.75 Å². The number of benzene rings is 2. The molecule has 0 fully saturated rings. The summed E-state index contributed by atoms with van der Waals surface area (Å²) in [7, 11) is -2.03. The highest BCUT2D eigenvalue weighted by atomic mass is 32.2. The van der Waals surface area contributed by atoms with Crippen LogP contribution < -0.4 is 14.4 Å². The van der Waals surface area contributed by atoms with Crippen LogP contribution in [0.15, 0.2) is 42.5 Å². The third kappa shape index (κ3) is 6.71. The molecule has 168 valence electrons. The lowest BCUT2D eigenvalue weighted by atomic mass is 10.1. The summed E-state index contributed by atoms with van der Waals surface area (Å²) >= 11 is 0. The summed E-state index contributed by atoms with van der Waals surface area (Å²) in [5.74, 6) is -0.178. The van der Waals surface area contributed by atoms with Crippen molar-refractivity contribution in [1.29, 1.82) is 0 Å². The van der Waals surface area contributed by atoms with Gasteiger partial charge in [-0.25, -0.2) is 13.2 Å². The zero-order valence-corrected chi connectivity index (χ0v) is 19.0. The zero-order chi connectivity index (χ0) is 23.0. The van der Waals surface area contributed by atoms with E-state index in [0.717, 1.165) is 6.26 Å². The Balaban J connectivity index is 2.03. The number of methoxy groups -OCH3 is 1. The molecule has 9 heteroatoms. The fraction of sp³-hybridized carbons (Fsp3) is 0.364.